The monoisotopic (exact) mass is 278 g/mol. The summed E-state index contributed by atoms with van der Waals surface area (Å²) >= 11 is 0. The van der Waals surface area contributed by atoms with E-state index in [-0.39, 0.29) is 5.82 Å². The molecule has 1 rings (SSSR count). The van der Waals surface area contributed by atoms with Gasteiger partial charge in [-0.25, -0.2) is 9.78 Å². The number of pyridine rings is 1. The van der Waals surface area contributed by atoms with Crippen LogP contribution >= 0.6 is 0 Å². The number of halogens is 3. The molecule has 0 saturated carbocycles. The molecule has 1 aromatic rings. The first-order valence-electron chi connectivity index (χ1n) is 5.18. The van der Waals surface area contributed by atoms with Crippen LogP contribution in [-0.2, 0) is 14.3 Å². The maximum atomic E-state index is 13.1. The van der Waals surface area contributed by atoms with Gasteiger partial charge in [0.25, 0.3) is 0 Å². The second-order valence-corrected chi connectivity index (χ2v) is 3.67. The fraction of sp³-hybridized carbons (Fsp3) is 0.455. The molecule has 0 aliphatic rings. The zero-order chi connectivity index (χ0) is 14.7. The van der Waals surface area contributed by atoms with Crippen molar-refractivity contribution in [1.82, 2.24) is 4.98 Å². The van der Waals surface area contributed by atoms with Crippen LogP contribution in [0.3, 0.4) is 0 Å². The molecule has 0 spiro atoms. The highest BCUT2D eigenvalue weighted by Crippen LogP contribution is 2.35. The van der Waals surface area contributed by atoms with Crippen LogP contribution in [0, 0.1) is 6.92 Å². The molecule has 1 N–H and O–H groups in total. The minimum atomic E-state index is -5.02. The number of aryl methyl sites for hydroxylation is 1. The number of hydrogen-bond acceptors (Lipinski definition) is 5. The van der Waals surface area contributed by atoms with E-state index in [1.54, 1.807) is 19.1 Å². The maximum Gasteiger partial charge on any atom is 0.448 e. The molecule has 1 atom stereocenters. The van der Waals surface area contributed by atoms with E-state index in [1.165, 1.54) is 6.20 Å². The van der Waals surface area contributed by atoms with Crippen molar-refractivity contribution in [3.63, 3.8) is 0 Å². The highest BCUT2D eigenvalue weighted by Gasteiger charge is 2.63. The average molecular weight is 278 g/mol. The number of aromatic nitrogens is 1. The van der Waals surface area contributed by atoms with Gasteiger partial charge in [0.2, 0.25) is 0 Å². The molecule has 0 saturated heterocycles. The minimum absolute atomic E-state index is 0.118. The van der Waals surface area contributed by atoms with Gasteiger partial charge < -0.3 is 14.8 Å². The van der Waals surface area contributed by atoms with Crippen LogP contribution in [0.15, 0.2) is 18.3 Å². The third kappa shape index (κ3) is 2.78. The normalized spacial score (nSPS) is 14.6. The van der Waals surface area contributed by atoms with Crippen LogP contribution in [0.4, 0.5) is 19.0 Å². The largest absolute Gasteiger partial charge is 0.465 e. The molecule has 0 aromatic carbocycles. The summed E-state index contributed by atoms with van der Waals surface area (Å²) < 4.78 is 47.9. The molecule has 1 heterocycles. The van der Waals surface area contributed by atoms with E-state index in [4.69, 9.17) is 0 Å². The predicted octanol–water partition coefficient (Wildman–Crippen LogP) is 1.88. The van der Waals surface area contributed by atoms with E-state index in [1.807, 2.05) is 5.32 Å². The molecule has 0 radical (unpaired) electrons. The lowest BCUT2D eigenvalue weighted by Gasteiger charge is -2.32. The average Bonchev–Trinajstić information content (AvgIpc) is 2.35. The van der Waals surface area contributed by atoms with Crippen LogP contribution in [0.5, 0.6) is 0 Å². The van der Waals surface area contributed by atoms with E-state index in [0.717, 1.165) is 14.2 Å². The van der Waals surface area contributed by atoms with Gasteiger partial charge in [0.1, 0.15) is 5.82 Å². The maximum absolute atomic E-state index is 13.1. The lowest BCUT2D eigenvalue weighted by molar-refractivity contribution is -0.259. The molecule has 1 unspecified atom stereocenters. The predicted molar refractivity (Wildman–Crippen MR) is 60.4 cm³/mol. The number of anilines is 1. The van der Waals surface area contributed by atoms with Crippen molar-refractivity contribution in [2.24, 2.45) is 0 Å². The zero-order valence-electron chi connectivity index (χ0n) is 10.5. The number of carbonyl (C=O) groups excluding carboxylic acids is 1. The Morgan fingerprint density at radius 3 is 2.42 bits per heavy atom. The minimum Gasteiger partial charge on any atom is -0.465 e. The van der Waals surface area contributed by atoms with Gasteiger partial charge in [0.05, 0.1) is 7.11 Å². The summed E-state index contributed by atoms with van der Waals surface area (Å²) in [4.78, 5) is 15.2. The Morgan fingerprint density at radius 1 is 1.37 bits per heavy atom. The first kappa shape index (κ1) is 15.2. The van der Waals surface area contributed by atoms with Crippen LogP contribution in [-0.4, -0.2) is 37.1 Å². The van der Waals surface area contributed by atoms with Gasteiger partial charge in [-0.2, -0.15) is 13.2 Å². The molecule has 106 valence electrons. The Kier molecular flexibility index (Phi) is 4.35. The number of nitrogens with one attached hydrogen (secondary N) is 1. The zero-order valence-corrected chi connectivity index (χ0v) is 10.5. The second kappa shape index (κ2) is 5.43. The van der Waals surface area contributed by atoms with Gasteiger partial charge in [-0.05, 0) is 18.6 Å². The van der Waals surface area contributed by atoms with Crippen LogP contribution in [0.1, 0.15) is 5.56 Å². The first-order valence-corrected chi connectivity index (χ1v) is 5.18. The molecule has 1 aromatic heterocycles. The van der Waals surface area contributed by atoms with Crippen LogP contribution in [0.25, 0.3) is 0 Å². The molecule has 0 amide bonds. The molecule has 0 aliphatic carbocycles. The van der Waals surface area contributed by atoms with Crippen molar-refractivity contribution in [3.05, 3.63) is 23.9 Å². The van der Waals surface area contributed by atoms with Gasteiger partial charge in [-0.3, -0.25) is 0 Å². The number of nitrogens with zero attached hydrogens (tertiary/aromatic N) is 1. The molecule has 8 heteroatoms. The van der Waals surface area contributed by atoms with Crippen molar-refractivity contribution < 1.29 is 27.4 Å². The molecule has 5 nitrogen and oxygen atoms in total. The number of alkyl halides is 3. The highest BCUT2D eigenvalue weighted by atomic mass is 19.4. The third-order valence-corrected chi connectivity index (χ3v) is 2.48. The standard InChI is InChI=1S/C11H13F3N2O3/c1-7-5-4-6-15-8(7)16-10(19-3,9(17)18-2)11(12,13)14/h4-6H,1-3H3,(H,15,16). The van der Waals surface area contributed by atoms with Crippen molar-refractivity contribution >= 4 is 11.8 Å². The second-order valence-electron chi connectivity index (χ2n) is 3.67. The summed E-state index contributed by atoms with van der Waals surface area (Å²) in [5.74, 6) is -1.72. The Morgan fingerprint density at radius 2 is 2.00 bits per heavy atom. The van der Waals surface area contributed by atoms with Gasteiger partial charge in [-0.15, -0.1) is 0 Å². The Hall–Kier alpha value is -1.83. The summed E-state index contributed by atoms with van der Waals surface area (Å²) in [5.41, 5.74) is -2.86. The van der Waals surface area contributed by atoms with E-state index in [0.29, 0.717) is 5.56 Å². The van der Waals surface area contributed by atoms with Crippen molar-refractivity contribution in [1.29, 1.82) is 0 Å². The topological polar surface area (TPSA) is 60.5 Å². The van der Waals surface area contributed by atoms with Crippen molar-refractivity contribution in [2.45, 2.75) is 18.8 Å². The number of hydrogen-bond donors (Lipinski definition) is 1. The first-order chi connectivity index (χ1) is 8.78. The molecule has 0 aliphatic heterocycles. The van der Waals surface area contributed by atoms with Crippen LogP contribution < -0.4 is 5.32 Å². The van der Waals surface area contributed by atoms with E-state index >= 15 is 0 Å². The van der Waals surface area contributed by atoms with Crippen molar-refractivity contribution in [3.8, 4) is 0 Å². The van der Waals surface area contributed by atoms with Gasteiger partial charge in [0, 0.05) is 13.3 Å². The summed E-state index contributed by atoms with van der Waals surface area (Å²) in [5, 5.41) is 1.97. The summed E-state index contributed by atoms with van der Waals surface area (Å²) in [6.45, 7) is 1.55. The van der Waals surface area contributed by atoms with Gasteiger partial charge >= 0.3 is 17.9 Å². The molecule has 0 fully saturated rings. The lowest BCUT2D eigenvalue weighted by Crippen LogP contribution is -2.60. The van der Waals surface area contributed by atoms with E-state index in [9.17, 15) is 18.0 Å². The third-order valence-electron chi connectivity index (χ3n) is 2.48. The number of ether oxygens (including phenoxy) is 2. The summed E-state index contributed by atoms with van der Waals surface area (Å²) in [6, 6.07) is 3.10. The number of esters is 1. The molecular formula is C11H13F3N2O3. The van der Waals surface area contributed by atoms with Gasteiger partial charge in [0.15, 0.2) is 0 Å². The van der Waals surface area contributed by atoms with E-state index < -0.39 is 17.9 Å². The Labute approximate surface area is 107 Å². The smallest absolute Gasteiger partial charge is 0.448 e. The van der Waals surface area contributed by atoms with E-state index in [2.05, 4.69) is 14.5 Å². The molecular weight excluding hydrogens is 265 g/mol. The van der Waals surface area contributed by atoms with Crippen LogP contribution in [0.2, 0.25) is 0 Å². The van der Waals surface area contributed by atoms with Crippen molar-refractivity contribution in [2.75, 3.05) is 19.5 Å². The summed E-state index contributed by atoms with van der Waals surface area (Å²) in [6.07, 6.45) is -3.72. The quantitative estimate of drug-likeness (QED) is 0.673. The number of carbonyl (C=O) groups is 1. The fourth-order valence-corrected chi connectivity index (χ4v) is 1.41. The number of rotatable bonds is 4. The number of methoxy groups -OCH3 is 2. The lowest BCUT2D eigenvalue weighted by atomic mass is 10.2. The fourth-order valence-electron chi connectivity index (χ4n) is 1.41. The molecule has 19 heavy (non-hydrogen) atoms. The summed E-state index contributed by atoms with van der Waals surface area (Å²) in [7, 11) is 1.60. The Balaban J connectivity index is 3.26. The molecule has 0 bridgehead atoms. The van der Waals surface area contributed by atoms with Gasteiger partial charge in [-0.1, -0.05) is 6.07 Å². The Bertz CT molecular complexity index is 465. The highest BCUT2D eigenvalue weighted by molar-refractivity contribution is 5.83. The SMILES string of the molecule is COC(=O)C(Nc1ncccc1C)(OC)C(F)(F)F.